The maximum Gasteiger partial charge on any atom is 0.0538 e. The average Bonchev–Trinajstić information content (AvgIpc) is 2.75. The first kappa shape index (κ1) is 13.8. The summed E-state index contributed by atoms with van der Waals surface area (Å²) in [6.07, 6.45) is 9.11. The molecule has 0 atom stereocenters. The molecule has 0 bridgehead atoms. The Bertz CT molecular complexity index is 386. The molecule has 4 heteroatoms. The molecule has 1 N–H and O–H groups in total. The lowest BCUT2D eigenvalue weighted by atomic mass is 9.85. The Hall–Kier alpha value is -0.610. The number of aromatic nitrogens is 1. The lowest BCUT2D eigenvalue weighted by Crippen LogP contribution is -2.37. The highest BCUT2D eigenvalue weighted by Crippen LogP contribution is 2.38. The minimum Gasteiger partial charge on any atom is -0.383 e. The summed E-state index contributed by atoms with van der Waals surface area (Å²) in [5.41, 5.74) is 1.54. The molecule has 18 heavy (non-hydrogen) atoms. The Morgan fingerprint density at radius 1 is 1.33 bits per heavy atom. The topological polar surface area (TPSA) is 28.2 Å². The summed E-state index contributed by atoms with van der Waals surface area (Å²) >= 11 is 3.46. The van der Waals surface area contributed by atoms with Crippen LogP contribution in [0.2, 0.25) is 0 Å². The van der Waals surface area contributed by atoms with Gasteiger partial charge in [0.2, 0.25) is 0 Å². The molecule has 0 aliphatic heterocycles. The number of nitrogens with zero attached hydrogens (tertiary/aromatic N) is 2. The molecular formula is C14H22BrN3. The molecule has 0 amide bonds. The first-order chi connectivity index (χ1) is 8.60. The standard InChI is InChI=1S/C14H22BrN3/c1-18(2)11-14(5-3-4-6-14)10-17-13-7-12(15)8-16-9-13/h7-9,17H,3-6,10-11H2,1-2H3. The van der Waals surface area contributed by atoms with Crippen LogP contribution in [0.15, 0.2) is 22.9 Å². The van der Waals surface area contributed by atoms with Crippen molar-refractivity contribution in [1.29, 1.82) is 0 Å². The van der Waals surface area contributed by atoms with Gasteiger partial charge in [0.1, 0.15) is 0 Å². The first-order valence-electron chi connectivity index (χ1n) is 6.59. The quantitative estimate of drug-likeness (QED) is 0.903. The monoisotopic (exact) mass is 311 g/mol. The van der Waals surface area contributed by atoms with E-state index in [1.54, 1.807) is 0 Å². The van der Waals surface area contributed by atoms with Crippen molar-refractivity contribution in [2.24, 2.45) is 5.41 Å². The van der Waals surface area contributed by atoms with Crippen molar-refractivity contribution >= 4 is 21.6 Å². The van der Waals surface area contributed by atoms with Gasteiger partial charge >= 0.3 is 0 Å². The van der Waals surface area contributed by atoms with Crippen molar-refractivity contribution < 1.29 is 0 Å². The minimum absolute atomic E-state index is 0.436. The molecule has 1 heterocycles. The molecule has 1 aromatic rings. The van der Waals surface area contributed by atoms with Gasteiger partial charge in [-0.15, -0.1) is 0 Å². The number of rotatable bonds is 5. The number of anilines is 1. The molecule has 1 aliphatic rings. The van der Waals surface area contributed by atoms with Gasteiger partial charge in [-0.3, -0.25) is 4.98 Å². The predicted octanol–water partition coefficient (Wildman–Crippen LogP) is 3.38. The summed E-state index contributed by atoms with van der Waals surface area (Å²) in [7, 11) is 4.33. The van der Waals surface area contributed by atoms with Crippen molar-refractivity contribution in [3.8, 4) is 0 Å². The van der Waals surface area contributed by atoms with E-state index < -0.39 is 0 Å². The molecule has 0 aromatic carbocycles. The van der Waals surface area contributed by atoms with Crippen LogP contribution in [0.5, 0.6) is 0 Å². The molecule has 1 fully saturated rings. The second kappa shape index (κ2) is 6.02. The summed E-state index contributed by atoms with van der Waals surface area (Å²) in [5, 5.41) is 3.55. The van der Waals surface area contributed by atoms with Gasteiger partial charge in [0.05, 0.1) is 11.9 Å². The minimum atomic E-state index is 0.436. The number of hydrogen-bond donors (Lipinski definition) is 1. The van der Waals surface area contributed by atoms with Crippen LogP contribution in [-0.4, -0.2) is 37.1 Å². The van der Waals surface area contributed by atoms with Crippen LogP contribution in [0.3, 0.4) is 0 Å². The largest absolute Gasteiger partial charge is 0.383 e. The normalized spacial score (nSPS) is 18.2. The maximum absolute atomic E-state index is 4.19. The Labute approximate surface area is 118 Å². The molecule has 0 unspecified atom stereocenters. The first-order valence-corrected chi connectivity index (χ1v) is 7.38. The van der Waals surface area contributed by atoms with Crippen molar-refractivity contribution in [3.63, 3.8) is 0 Å². The smallest absolute Gasteiger partial charge is 0.0538 e. The molecule has 0 saturated heterocycles. The summed E-state index contributed by atoms with van der Waals surface area (Å²) in [6.45, 7) is 2.21. The second-order valence-electron chi connectivity index (χ2n) is 5.69. The molecule has 2 rings (SSSR count). The van der Waals surface area contributed by atoms with E-state index in [-0.39, 0.29) is 0 Å². The van der Waals surface area contributed by atoms with Gasteiger partial charge in [0.25, 0.3) is 0 Å². The van der Waals surface area contributed by atoms with Crippen LogP contribution in [-0.2, 0) is 0 Å². The van der Waals surface area contributed by atoms with E-state index in [2.05, 4.69) is 51.3 Å². The third-order valence-electron chi connectivity index (χ3n) is 3.69. The SMILES string of the molecule is CN(C)CC1(CNc2cncc(Br)c2)CCCC1. The van der Waals surface area contributed by atoms with Crippen LogP contribution < -0.4 is 5.32 Å². The lowest BCUT2D eigenvalue weighted by molar-refractivity contribution is 0.215. The van der Waals surface area contributed by atoms with E-state index in [0.29, 0.717) is 5.41 Å². The van der Waals surface area contributed by atoms with Crippen LogP contribution in [0.4, 0.5) is 5.69 Å². The van der Waals surface area contributed by atoms with Gasteiger partial charge in [-0.25, -0.2) is 0 Å². The third kappa shape index (κ3) is 3.69. The van der Waals surface area contributed by atoms with E-state index in [1.165, 1.54) is 32.2 Å². The van der Waals surface area contributed by atoms with Crippen LogP contribution in [0.25, 0.3) is 0 Å². The van der Waals surface area contributed by atoms with Crippen molar-refractivity contribution in [2.75, 3.05) is 32.5 Å². The molecule has 1 aromatic heterocycles. The zero-order valence-electron chi connectivity index (χ0n) is 11.2. The summed E-state index contributed by atoms with van der Waals surface area (Å²) in [6, 6.07) is 2.09. The van der Waals surface area contributed by atoms with Gasteiger partial charge in [0, 0.05) is 29.2 Å². The van der Waals surface area contributed by atoms with E-state index in [4.69, 9.17) is 0 Å². The maximum atomic E-state index is 4.19. The Morgan fingerprint density at radius 2 is 2.06 bits per heavy atom. The Morgan fingerprint density at radius 3 is 2.67 bits per heavy atom. The fourth-order valence-electron chi connectivity index (χ4n) is 2.98. The zero-order chi connectivity index (χ0) is 13.0. The number of hydrogen-bond acceptors (Lipinski definition) is 3. The van der Waals surface area contributed by atoms with Gasteiger partial charge < -0.3 is 10.2 Å². The highest BCUT2D eigenvalue weighted by atomic mass is 79.9. The van der Waals surface area contributed by atoms with E-state index in [1.807, 2.05) is 12.4 Å². The molecule has 1 aliphatic carbocycles. The van der Waals surface area contributed by atoms with Gasteiger partial charge in [0.15, 0.2) is 0 Å². The fraction of sp³-hybridized carbons (Fsp3) is 0.643. The van der Waals surface area contributed by atoms with Crippen LogP contribution in [0, 0.1) is 5.41 Å². The highest BCUT2D eigenvalue weighted by Gasteiger charge is 2.34. The molecule has 1 saturated carbocycles. The fourth-order valence-corrected chi connectivity index (χ4v) is 3.35. The van der Waals surface area contributed by atoms with Gasteiger partial charge in [-0.2, -0.15) is 0 Å². The van der Waals surface area contributed by atoms with E-state index >= 15 is 0 Å². The number of pyridine rings is 1. The summed E-state index contributed by atoms with van der Waals surface area (Å²) < 4.78 is 1.03. The highest BCUT2D eigenvalue weighted by molar-refractivity contribution is 9.10. The third-order valence-corrected chi connectivity index (χ3v) is 4.12. The molecule has 0 spiro atoms. The number of halogens is 1. The molecular weight excluding hydrogens is 290 g/mol. The van der Waals surface area contributed by atoms with Crippen molar-refractivity contribution in [1.82, 2.24) is 9.88 Å². The predicted molar refractivity (Wildman–Crippen MR) is 79.9 cm³/mol. The molecule has 100 valence electrons. The second-order valence-corrected chi connectivity index (χ2v) is 6.61. The van der Waals surface area contributed by atoms with E-state index in [9.17, 15) is 0 Å². The van der Waals surface area contributed by atoms with E-state index in [0.717, 1.165) is 16.7 Å². The van der Waals surface area contributed by atoms with Crippen LogP contribution >= 0.6 is 15.9 Å². The summed E-state index contributed by atoms with van der Waals surface area (Å²) in [5.74, 6) is 0. The van der Waals surface area contributed by atoms with Gasteiger partial charge in [-0.1, -0.05) is 12.8 Å². The Balaban J connectivity index is 1.97. The van der Waals surface area contributed by atoms with Crippen molar-refractivity contribution in [3.05, 3.63) is 22.9 Å². The Kier molecular flexibility index (Phi) is 4.62. The van der Waals surface area contributed by atoms with Crippen molar-refractivity contribution in [2.45, 2.75) is 25.7 Å². The summed E-state index contributed by atoms with van der Waals surface area (Å²) in [4.78, 5) is 6.50. The molecule has 0 radical (unpaired) electrons. The average molecular weight is 312 g/mol. The van der Waals surface area contributed by atoms with Gasteiger partial charge in [-0.05, 0) is 48.9 Å². The number of nitrogens with one attached hydrogen (secondary N) is 1. The zero-order valence-corrected chi connectivity index (χ0v) is 12.8. The molecule has 3 nitrogen and oxygen atoms in total. The van der Waals surface area contributed by atoms with Crippen LogP contribution in [0.1, 0.15) is 25.7 Å². The lowest BCUT2D eigenvalue weighted by Gasteiger charge is -2.32.